The first-order valence-corrected chi connectivity index (χ1v) is 12.4. The second-order valence-corrected chi connectivity index (χ2v) is 10.1. The maximum Gasteiger partial charge on any atom is 0.327 e. The van der Waals surface area contributed by atoms with Gasteiger partial charge >= 0.3 is 12.0 Å². The molecule has 1 heterocycles. The molecule has 3 rings (SSSR count). The van der Waals surface area contributed by atoms with Crippen molar-refractivity contribution in [3.63, 3.8) is 0 Å². The second kappa shape index (κ2) is 10.7. The number of anilines is 1. The zero-order chi connectivity index (χ0) is 25.8. The third kappa shape index (κ3) is 5.94. The van der Waals surface area contributed by atoms with Gasteiger partial charge in [-0.05, 0) is 75.1 Å². The van der Waals surface area contributed by atoms with E-state index in [1.54, 1.807) is 24.3 Å². The third-order valence-electron chi connectivity index (χ3n) is 7.50. The molecular weight excluding hydrogens is 450 g/mol. The van der Waals surface area contributed by atoms with Gasteiger partial charge in [-0.15, -0.1) is 0 Å². The summed E-state index contributed by atoms with van der Waals surface area (Å²) in [6.45, 7) is 9.96. The molecule has 1 unspecified atom stereocenters. The van der Waals surface area contributed by atoms with E-state index in [0.717, 1.165) is 24.2 Å². The number of hydrogen-bond acceptors (Lipinski definition) is 6. The number of urea groups is 1. The molecule has 1 aliphatic carbocycles. The molecule has 1 aromatic rings. The number of amides is 4. The van der Waals surface area contributed by atoms with Crippen molar-refractivity contribution >= 4 is 29.5 Å². The van der Waals surface area contributed by atoms with Crippen LogP contribution in [0.3, 0.4) is 0 Å². The molecule has 0 aromatic heterocycles. The fraction of sp³-hybridized carbons (Fsp3) is 0.615. The number of carbonyl (C=O) groups is 4. The fourth-order valence-corrected chi connectivity index (χ4v) is 4.80. The normalized spacial score (nSPS) is 23.1. The largest absolute Gasteiger partial charge is 0.494 e. The zero-order valence-corrected chi connectivity index (χ0v) is 21.3. The lowest BCUT2D eigenvalue weighted by molar-refractivity contribution is -0.155. The van der Waals surface area contributed by atoms with Gasteiger partial charge in [-0.2, -0.15) is 0 Å². The third-order valence-corrected chi connectivity index (χ3v) is 7.50. The first kappa shape index (κ1) is 26.5. The highest BCUT2D eigenvalue weighted by Gasteiger charge is 2.54. The lowest BCUT2D eigenvalue weighted by Gasteiger charge is -2.42. The quantitative estimate of drug-likeness (QED) is 0.404. The van der Waals surface area contributed by atoms with Gasteiger partial charge in [0.2, 0.25) is 0 Å². The SMILES string of the molecule is CCOc1ccc(NC(=O)C(C)OC(=O)CN2C(=O)NC3(CCC(C(C)(C)CC)CC3)C2=O)cc1. The van der Waals surface area contributed by atoms with Gasteiger partial charge in [-0.25, -0.2) is 4.79 Å². The second-order valence-electron chi connectivity index (χ2n) is 10.1. The molecule has 192 valence electrons. The Labute approximate surface area is 206 Å². The molecule has 35 heavy (non-hydrogen) atoms. The van der Waals surface area contributed by atoms with Crippen molar-refractivity contribution in [3.05, 3.63) is 24.3 Å². The monoisotopic (exact) mass is 487 g/mol. The van der Waals surface area contributed by atoms with E-state index in [9.17, 15) is 19.2 Å². The summed E-state index contributed by atoms with van der Waals surface area (Å²) in [6.07, 6.45) is 2.74. The van der Waals surface area contributed by atoms with Gasteiger partial charge in [0, 0.05) is 5.69 Å². The van der Waals surface area contributed by atoms with Gasteiger partial charge in [-0.1, -0.05) is 27.2 Å². The highest BCUT2D eigenvalue weighted by atomic mass is 16.5. The minimum absolute atomic E-state index is 0.179. The van der Waals surface area contributed by atoms with Crippen molar-refractivity contribution in [2.45, 2.75) is 78.4 Å². The minimum atomic E-state index is -1.10. The van der Waals surface area contributed by atoms with E-state index in [1.165, 1.54) is 6.92 Å². The molecule has 1 aliphatic heterocycles. The predicted octanol–water partition coefficient (Wildman–Crippen LogP) is 3.87. The van der Waals surface area contributed by atoms with Gasteiger partial charge in [0.05, 0.1) is 6.61 Å². The molecule has 9 nitrogen and oxygen atoms in total. The molecule has 4 amide bonds. The average Bonchev–Trinajstić information content (AvgIpc) is 3.04. The van der Waals surface area contributed by atoms with Crippen molar-refractivity contribution in [1.29, 1.82) is 0 Å². The standard InChI is InChI=1S/C26H37N3O6/c1-6-25(4,5)18-12-14-26(15-13-18)23(32)29(24(33)28-26)16-21(30)35-17(3)22(31)27-19-8-10-20(11-9-19)34-7-2/h8-11,17-18H,6-7,12-16H2,1-5H3,(H,27,31)(H,28,33). The van der Waals surface area contributed by atoms with Crippen molar-refractivity contribution in [2.24, 2.45) is 11.3 Å². The smallest absolute Gasteiger partial charge is 0.327 e. The molecule has 0 bridgehead atoms. The number of imide groups is 1. The van der Waals surface area contributed by atoms with Crippen LogP contribution in [0, 0.1) is 11.3 Å². The van der Waals surface area contributed by atoms with Crippen molar-refractivity contribution < 1.29 is 28.7 Å². The maximum absolute atomic E-state index is 13.1. The first-order chi connectivity index (χ1) is 16.5. The zero-order valence-electron chi connectivity index (χ0n) is 21.3. The van der Waals surface area contributed by atoms with Gasteiger partial charge in [0.15, 0.2) is 6.10 Å². The number of ether oxygens (including phenoxy) is 2. The molecule has 2 aliphatic rings. The Bertz CT molecular complexity index is 950. The van der Waals surface area contributed by atoms with Gasteiger partial charge < -0.3 is 20.1 Å². The van der Waals surface area contributed by atoms with Crippen LogP contribution in [0.5, 0.6) is 5.75 Å². The summed E-state index contributed by atoms with van der Waals surface area (Å²) in [5.74, 6) is -0.567. The van der Waals surface area contributed by atoms with Crippen LogP contribution in [0.15, 0.2) is 24.3 Å². The van der Waals surface area contributed by atoms with Crippen LogP contribution in [-0.2, 0) is 19.1 Å². The summed E-state index contributed by atoms with van der Waals surface area (Å²) < 4.78 is 10.6. The number of benzene rings is 1. The van der Waals surface area contributed by atoms with Crippen molar-refractivity contribution in [3.8, 4) is 5.75 Å². The van der Waals surface area contributed by atoms with Crippen LogP contribution in [0.25, 0.3) is 0 Å². The van der Waals surface area contributed by atoms with Crippen molar-refractivity contribution in [2.75, 3.05) is 18.5 Å². The number of nitrogens with one attached hydrogen (secondary N) is 2. The number of rotatable bonds is 9. The van der Waals surface area contributed by atoms with Crippen LogP contribution in [0.1, 0.15) is 66.7 Å². The molecule has 9 heteroatoms. The number of hydrogen-bond donors (Lipinski definition) is 2. The molecule has 1 saturated heterocycles. The van der Waals surface area contributed by atoms with Crippen LogP contribution >= 0.6 is 0 Å². The molecule has 1 atom stereocenters. The summed E-state index contributed by atoms with van der Waals surface area (Å²) in [5.41, 5.74) is -0.244. The molecule has 1 spiro atoms. The summed E-state index contributed by atoms with van der Waals surface area (Å²) in [6, 6.07) is 6.22. The lowest BCUT2D eigenvalue weighted by atomic mass is 9.65. The number of carbonyl (C=O) groups excluding carboxylic acids is 4. The Morgan fingerprint density at radius 1 is 1.17 bits per heavy atom. The van der Waals surface area contributed by atoms with Crippen LogP contribution in [0.4, 0.5) is 10.5 Å². The Morgan fingerprint density at radius 2 is 1.80 bits per heavy atom. The van der Waals surface area contributed by atoms with E-state index in [2.05, 4.69) is 31.4 Å². The summed E-state index contributed by atoms with van der Waals surface area (Å²) >= 11 is 0. The van der Waals surface area contributed by atoms with E-state index >= 15 is 0 Å². The van der Waals surface area contributed by atoms with Gasteiger partial charge in [-0.3, -0.25) is 19.3 Å². The highest BCUT2D eigenvalue weighted by molar-refractivity contribution is 6.09. The molecule has 1 saturated carbocycles. The van der Waals surface area contributed by atoms with Crippen LogP contribution in [0.2, 0.25) is 0 Å². The Balaban J connectivity index is 1.52. The van der Waals surface area contributed by atoms with E-state index in [-0.39, 0.29) is 5.41 Å². The van der Waals surface area contributed by atoms with E-state index < -0.39 is 42.0 Å². The van der Waals surface area contributed by atoms with Crippen LogP contribution in [-0.4, -0.2) is 53.5 Å². The Kier molecular flexibility index (Phi) is 8.07. The predicted molar refractivity (Wildman–Crippen MR) is 131 cm³/mol. The molecule has 1 aromatic carbocycles. The maximum atomic E-state index is 13.1. The number of nitrogens with zero attached hydrogens (tertiary/aromatic N) is 1. The molecule has 0 radical (unpaired) electrons. The summed E-state index contributed by atoms with van der Waals surface area (Å²) in [5, 5.41) is 5.49. The van der Waals surface area contributed by atoms with E-state index in [1.807, 2.05) is 6.92 Å². The first-order valence-electron chi connectivity index (χ1n) is 12.4. The van der Waals surface area contributed by atoms with Crippen molar-refractivity contribution in [1.82, 2.24) is 10.2 Å². The summed E-state index contributed by atoms with van der Waals surface area (Å²) in [7, 11) is 0. The van der Waals surface area contributed by atoms with E-state index in [4.69, 9.17) is 9.47 Å². The highest BCUT2D eigenvalue weighted by Crippen LogP contribution is 2.45. The summed E-state index contributed by atoms with van der Waals surface area (Å²) in [4.78, 5) is 51.5. The minimum Gasteiger partial charge on any atom is -0.494 e. The lowest BCUT2D eigenvalue weighted by Crippen LogP contribution is -2.51. The molecule has 2 N–H and O–H groups in total. The van der Waals surface area contributed by atoms with Crippen LogP contribution < -0.4 is 15.4 Å². The molecule has 2 fully saturated rings. The topological polar surface area (TPSA) is 114 Å². The van der Waals surface area contributed by atoms with E-state index in [0.29, 0.717) is 36.8 Å². The molecular formula is C26H37N3O6. The fourth-order valence-electron chi connectivity index (χ4n) is 4.80. The average molecular weight is 488 g/mol. The Morgan fingerprint density at radius 3 is 2.37 bits per heavy atom. The Hall–Kier alpha value is -3.10. The number of esters is 1. The van der Waals surface area contributed by atoms with Gasteiger partial charge in [0.25, 0.3) is 11.8 Å². The van der Waals surface area contributed by atoms with Gasteiger partial charge in [0.1, 0.15) is 17.8 Å².